The van der Waals surface area contributed by atoms with Crippen LogP contribution in [0, 0.1) is 0 Å². The summed E-state index contributed by atoms with van der Waals surface area (Å²) in [6.45, 7) is 2.67. The smallest absolute Gasteiger partial charge is 0.252 e. The Bertz CT molecular complexity index is 521. The van der Waals surface area contributed by atoms with Gasteiger partial charge in [0.25, 0.3) is 5.91 Å². The summed E-state index contributed by atoms with van der Waals surface area (Å²) in [5.74, 6) is 0.00421. The van der Waals surface area contributed by atoms with E-state index >= 15 is 0 Å². The number of fused-ring (bicyclic) bond motifs is 1. The molecule has 0 radical (unpaired) electrons. The minimum Gasteiger partial charge on any atom is -0.350 e. The first-order chi connectivity index (χ1) is 8.22. The molecule has 0 saturated heterocycles. The van der Waals surface area contributed by atoms with E-state index in [9.17, 15) is 4.79 Å². The number of amides is 1. The zero-order valence-electron chi connectivity index (χ0n) is 9.99. The number of carbonyl (C=O) groups excluding carboxylic acids is 1. The van der Waals surface area contributed by atoms with Crippen molar-refractivity contribution < 1.29 is 4.79 Å². The largest absolute Gasteiger partial charge is 0.350 e. The standard InChI is InChI=1S/C13H16N2OS/c1-9(14-2)7-15-13(16)11-8-17-12-6-4-3-5-10(11)12/h3-6,8-9,14H,7H2,1-2H3,(H,15,16). The molecule has 0 bridgehead atoms. The fourth-order valence-electron chi connectivity index (χ4n) is 1.60. The van der Waals surface area contributed by atoms with Gasteiger partial charge in [0.1, 0.15) is 0 Å². The van der Waals surface area contributed by atoms with Crippen LogP contribution in [0.2, 0.25) is 0 Å². The van der Waals surface area contributed by atoms with E-state index in [0.29, 0.717) is 6.54 Å². The van der Waals surface area contributed by atoms with Crippen LogP contribution in [0.3, 0.4) is 0 Å². The maximum Gasteiger partial charge on any atom is 0.252 e. The molecule has 0 aliphatic rings. The fourth-order valence-corrected chi connectivity index (χ4v) is 2.54. The Hall–Kier alpha value is -1.39. The third kappa shape index (κ3) is 2.65. The monoisotopic (exact) mass is 248 g/mol. The van der Waals surface area contributed by atoms with E-state index in [4.69, 9.17) is 0 Å². The van der Waals surface area contributed by atoms with Crippen molar-refractivity contribution in [3.05, 3.63) is 35.2 Å². The Kier molecular flexibility index (Phi) is 3.76. The Balaban J connectivity index is 2.14. The summed E-state index contributed by atoms with van der Waals surface area (Å²) in [5, 5.41) is 8.98. The molecule has 1 atom stereocenters. The van der Waals surface area contributed by atoms with Gasteiger partial charge in [-0.3, -0.25) is 4.79 Å². The summed E-state index contributed by atoms with van der Waals surface area (Å²) in [6, 6.07) is 8.25. The van der Waals surface area contributed by atoms with Crippen LogP contribution >= 0.6 is 11.3 Å². The van der Waals surface area contributed by atoms with Crippen molar-refractivity contribution in [1.29, 1.82) is 0 Å². The summed E-state index contributed by atoms with van der Waals surface area (Å²) in [4.78, 5) is 12.0. The Labute approximate surface area is 105 Å². The number of likely N-dealkylation sites (N-methyl/N-ethyl adjacent to an activating group) is 1. The molecule has 2 aromatic rings. The first-order valence-electron chi connectivity index (χ1n) is 5.64. The Morgan fingerprint density at radius 1 is 1.41 bits per heavy atom. The molecule has 3 nitrogen and oxygen atoms in total. The average Bonchev–Trinajstić information content (AvgIpc) is 2.79. The molecule has 4 heteroatoms. The molecule has 1 aromatic heterocycles. The van der Waals surface area contributed by atoms with Crippen molar-refractivity contribution in [2.24, 2.45) is 0 Å². The van der Waals surface area contributed by atoms with Gasteiger partial charge in [0.05, 0.1) is 5.56 Å². The highest BCUT2D eigenvalue weighted by atomic mass is 32.1. The van der Waals surface area contributed by atoms with Gasteiger partial charge < -0.3 is 10.6 Å². The van der Waals surface area contributed by atoms with E-state index in [-0.39, 0.29) is 11.9 Å². The maximum absolute atomic E-state index is 12.0. The van der Waals surface area contributed by atoms with Gasteiger partial charge in [0.2, 0.25) is 0 Å². The average molecular weight is 248 g/mol. The van der Waals surface area contributed by atoms with Gasteiger partial charge in [0.15, 0.2) is 0 Å². The number of thiophene rings is 1. The zero-order chi connectivity index (χ0) is 12.3. The van der Waals surface area contributed by atoms with Crippen LogP contribution in [0.4, 0.5) is 0 Å². The summed E-state index contributed by atoms with van der Waals surface area (Å²) < 4.78 is 1.15. The first-order valence-corrected chi connectivity index (χ1v) is 6.52. The normalized spacial score (nSPS) is 12.6. The molecule has 0 saturated carbocycles. The van der Waals surface area contributed by atoms with Crippen LogP contribution in [0.1, 0.15) is 17.3 Å². The quantitative estimate of drug-likeness (QED) is 0.871. The van der Waals surface area contributed by atoms with Gasteiger partial charge in [-0.15, -0.1) is 11.3 Å². The Morgan fingerprint density at radius 3 is 2.94 bits per heavy atom. The van der Waals surface area contributed by atoms with Gasteiger partial charge in [-0.05, 0) is 20.0 Å². The van der Waals surface area contributed by atoms with E-state index in [0.717, 1.165) is 15.6 Å². The van der Waals surface area contributed by atoms with E-state index in [1.807, 2.05) is 43.6 Å². The van der Waals surface area contributed by atoms with Crippen LogP contribution in [0.15, 0.2) is 29.6 Å². The third-order valence-corrected chi connectivity index (χ3v) is 3.75. The molecular weight excluding hydrogens is 232 g/mol. The molecule has 1 amide bonds. The lowest BCUT2D eigenvalue weighted by Crippen LogP contribution is -2.37. The number of carbonyl (C=O) groups is 1. The lowest BCUT2D eigenvalue weighted by Gasteiger charge is -2.10. The molecular formula is C13H16N2OS. The van der Waals surface area contributed by atoms with Crippen molar-refractivity contribution in [2.75, 3.05) is 13.6 Å². The van der Waals surface area contributed by atoms with Gasteiger partial charge in [0, 0.05) is 28.1 Å². The highest BCUT2D eigenvalue weighted by Crippen LogP contribution is 2.25. The number of nitrogens with one attached hydrogen (secondary N) is 2. The molecule has 2 N–H and O–H groups in total. The van der Waals surface area contributed by atoms with Crippen LogP contribution in [0.5, 0.6) is 0 Å². The van der Waals surface area contributed by atoms with E-state index < -0.39 is 0 Å². The van der Waals surface area contributed by atoms with Gasteiger partial charge in [-0.1, -0.05) is 18.2 Å². The van der Waals surface area contributed by atoms with Gasteiger partial charge in [-0.25, -0.2) is 0 Å². The molecule has 1 aromatic carbocycles. The minimum atomic E-state index is 0.00421. The second-order valence-electron chi connectivity index (χ2n) is 4.05. The SMILES string of the molecule is CNC(C)CNC(=O)c1csc2ccccc12. The van der Waals surface area contributed by atoms with Crippen LogP contribution in [-0.2, 0) is 0 Å². The molecule has 1 unspecified atom stereocenters. The predicted octanol–water partition coefficient (Wildman–Crippen LogP) is 2.24. The molecule has 0 aliphatic heterocycles. The third-order valence-electron chi connectivity index (χ3n) is 2.79. The van der Waals surface area contributed by atoms with Crippen LogP contribution in [0.25, 0.3) is 10.1 Å². The summed E-state index contributed by atoms with van der Waals surface area (Å²) in [7, 11) is 1.89. The number of hydrogen-bond donors (Lipinski definition) is 2. The second-order valence-corrected chi connectivity index (χ2v) is 4.96. The lowest BCUT2D eigenvalue weighted by molar-refractivity contribution is 0.0952. The minimum absolute atomic E-state index is 0.00421. The predicted molar refractivity (Wildman–Crippen MR) is 72.7 cm³/mol. The first kappa shape index (κ1) is 12.1. The van der Waals surface area contributed by atoms with Crippen molar-refractivity contribution in [3.63, 3.8) is 0 Å². The molecule has 0 aliphatic carbocycles. The van der Waals surface area contributed by atoms with E-state index in [2.05, 4.69) is 10.6 Å². The molecule has 90 valence electrons. The van der Waals surface area contributed by atoms with Crippen molar-refractivity contribution in [1.82, 2.24) is 10.6 Å². The number of rotatable bonds is 4. The Morgan fingerprint density at radius 2 is 2.18 bits per heavy atom. The highest BCUT2D eigenvalue weighted by molar-refractivity contribution is 7.17. The van der Waals surface area contributed by atoms with Crippen LogP contribution in [-0.4, -0.2) is 25.5 Å². The van der Waals surface area contributed by atoms with Crippen molar-refractivity contribution in [3.8, 4) is 0 Å². The van der Waals surface area contributed by atoms with Crippen LogP contribution < -0.4 is 10.6 Å². The van der Waals surface area contributed by atoms with Gasteiger partial charge in [-0.2, -0.15) is 0 Å². The second kappa shape index (κ2) is 5.29. The van der Waals surface area contributed by atoms with Crippen molar-refractivity contribution >= 4 is 27.3 Å². The topological polar surface area (TPSA) is 41.1 Å². The van der Waals surface area contributed by atoms with Gasteiger partial charge >= 0.3 is 0 Å². The summed E-state index contributed by atoms with van der Waals surface area (Å²) >= 11 is 1.61. The molecule has 1 heterocycles. The highest BCUT2D eigenvalue weighted by Gasteiger charge is 2.11. The van der Waals surface area contributed by atoms with E-state index in [1.165, 1.54) is 0 Å². The maximum atomic E-state index is 12.0. The zero-order valence-corrected chi connectivity index (χ0v) is 10.8. The molecule has 0 spiro atoms. The summed E-state index contributed by atoms with van der Waals surface area (Å²) in [6.07, 6.45) is 0. The number of benzene rings is 1. The molecule has 17 heavy (non-hydrogen) atoms. The lowest BCUT2D eigenvalue weighted by atomic mass is 10.1. The molecule has 0 fully saturated rings. The van der Waals surface area contributed by atoms with E-state index in [1.54, 1.807) is 11.3 Å². The summed E-state index contributed by atoms with van der Waals surface area (Å²) in [5.41, 5.74) is 0.772. The van der Waals surface area contributed by atoms with Crippen molar-refractivity contribution in [2.45, 2.75) is 13.0 Å². The fraction of sp³-hybridized carbons (Fsp3) is 0.308. The number of hydrogen-bond acceptors (Lipinski definition) is 3. The molecule has 2 rings (SSSR count).